The van der Waals surface area contributed by atoms with E-state index in [0.29, 0.717) is 18.2 Å². The topological polar surface area (TPSA) is 88.9 Å². The van der Waals surface area contributed by atoms with Gasteiger partial charge in [0, 0.05) is 13.1 Å². The van der Waals surface area contributed by atoms with E-state index in [0.717, 1.165) is 5.82 Å². The molecular weight excluding hydrogens is 278 g/mol. The fourth-order valence-corrected chi connectivity index (χ4v) is 2.32. The second-order valence-electron chi connectivity index (χ2n) is 4.04. The molecule has 110 valence electrons. The summed E-state index contributed by atoms with van der Waals surface area (Å²) in [5.74, 6) is 0.385. The first kappa shape index (κ1) is 16.2. The van der Waals surface area contributed by atoms with Crippen LogP contribution in [0.15, 0.2) is 17.8 Å². The maximum Gasteiger partial charge on any atom is 0.321 e. The minimum atomic E-state index is -0.492. The predicted octanol–water partition coefficient (Wildman–Crippen LogP) is 1.10. The number of hydrogen-bond donors (Lipinski definition) is 2. The third-order valence-corrected chi connectivity index (χ3v) is 3.52. The molecule has 1 aromatic heterocycles. The number of nitrogens with zero attached hydrogens (tertiary/aromatic N) is 3. The van der Waals surface area contributed by atoms with E-state index in [1.165, 1.54) is 11.8 Å². The zero-order chi connectivity index (χ0) is 15.1. The predicted molar refractivity (Wildman–Crippen MR) is 77.5 cm³/mol. The Morgan fingerprint density at radius 1 is 1.50 bits per heavy atom. The number of hydrogen-bond acceptors (Lipinski definition) is 5. The minimum Gasteiger partial charge on any atom is -0.338 e. The van der Waals surface area contributed by atoms with Crippen molar-refractivity contribution in [2.24, 2.45) is 0 Å². The van der Waals surface area contributed by atoms with Crippen LogP contribution in [0.2, 0.25) is 0 Å². The molecule has 20 heavy (non-hydrogen) atoms. The lowest BCUT2D eigenvalue weighted by Crippen LogP contribution is -2.42. The molecule has 0 spiro atoms. The lowest BCUT2D eigenvalue weighted by molar-refractivity contribution is -0.119. The van der Waals surface area contributed by atoms with Gasteiger partial charge in [0.25, 0.3) is 0 Å². The molecule has 1 rings (SSSR count). The molecule has 0 fully saturated rings. The Morgan fingerprint density at radius 3 is 2.80 bits per heavy atom. The average molecular weight is 297 g/mol. The van der Waals surface area contributed by atoms with Crippen molar-refractivity contribution in [1.82, 2.24) is 25.4 Å². The number of allylic oxidation sites excluding steroid dienone is 1. The van der Waals surface area contributed by atoms with Gasteiger partial charge in [-0.15, -0.1) is 16.8 Å². The number of carbonyl (C=O) groups is 2. The average Bonchev–Trinajstić information content (AvgIpc) is 2.72. The fraction of sp³-hybridized carbons (Fsp3) is 0.500. The standard InChI is InChI=1S/C12H19N5O2S/c1-5-7-17-9(4)15-16-12(17)20-8(3)10(18)14-11(19)13-6-2/h5,8H,1,6-7H2,2-4H3,(H2,13,14,18,19)/t8-/m0/s1. The molecule has 1 aromatic rings. The Hall–Kier alpha value is -1.83. The lowest BCUT2D eigenvalue weighted by Gasteiger charge is -2.11. The number of rotatable bonds is 6. The maximum atomic E-state index is 11.8. The molecule has 3 amide bonds. The summed E-state index contributed by atoms with van der Waals surface area (Å²) in [7, 11) is 0. The largest absolute Gasteiger partial charge is 0.338 e. The first-order chi connectivity index (χ1) is 9.49. The number of amides is 3. The highest BCUT2D eigenvalue weighted by molar-refractivity contribution is 8.00. The minimum absolute atomic E-state index is 0.369. The van der Waals surface area contributed by atoms with Crippen LogP contribution in [0, 0.1) is 6.92 Å². The summed E-state index contributed by atoms with van der Waals surface area (Å²) in [6, 6.07) is -0.492. The van der Waals surface area contributed by atoms with Gasteiger partial charge >= 0.3 is 6.03 Å². The molecule has 0 aliphatic carbocycles. The van der Waals surface area contributed by atoms with E-state index in [-0.39, 0.29) is 5.91 Å². The number of urea groups is 1. The van der Waals surface area contributed by atoms with Gasteiger partial charge in [-0.3, -0.25) is 10.1 Å². The Labute approximate surface area is 122 Å². The van der Waals surface area contributed by atoms with Crippen LogP contribution < -0.4 is 10.6 Å². The van der Waals surface area contributed by atoms with Crippen molar-refractivity contribution >= 4 is 23.7 Å². The Balaban J connectivity index is 2.66. The number of thioether (sulfide) groups is 1. The number of carbonyl (C=O) groups excluding carboxylic acids is 2. The van der Waals surface area contributed by atoms with E-state index in [1.54, 1.807) is 19.9 Å². The third-order valence-electron chi connectivity index (χ3n) is 2.44. The molecule has 0 bridgehead atoms. The van der Waals surface area contributed by atoms with Crippen LogP contribution >= 0.6 is 11.8 Å². The summed E-state index contributed by atoms with van der Waals surface area (Å²) in [5.41, 5.74) is 0. The molecule has 2 N–H and O–H groups in total. The van der Waals surface area contributed by atoms with E-state index < -0.39 is 11.3 Å². The molecular formula is C12H19N5O2S. The van der Waals surface area contributed by atoms with Crippen molar-refractivity contribution in [3.8, 4) is 0 Å². The van der Waals surface area contributed by atoms with E-state index in [2.05, 4.69) is 27.4 Å². The van der Waals surface area contributed by atoms with E-state index in [4.69, 9.17) is 0 Å². The van der Waals surface area contributed by atoms with Crippen molar-refractivity contribution in [3.05, 3.63) is 18.5 Å². The summed E-state index contributed by atoms with van der Waals surface area (Å²) >= 11 is 1.25. The third kappa shape index (κ3) is 4.37. The summed E-state index contributed by atoms with van der Waals surface area (Å²) in [6.45, 7) is 10.0. The quantitative estimate of drug-likeness (QED) is 0.606. The lowest BCUT2D eigenvalue weighted by atomic mass is 10.4. The van der Waals surface area contributed by atoms with Gasteiger partial charge in [-0.1, -0.05) is 17.8 Å². The van der Waals surface area contributed by atoms with Crippen LogP contribution in [0.25, 0.3) is 0 Å². The van der Waals surface area contributed by atoms with E-state index in [1.807, 2.05) is 11.5 Å². The summed E-state index contributed by atoms with van der Waals surface area (Å²) < 4.78 is 1.85. The van der Waals surface area contributed by atoms with Gasteiger partial charge in [0.05, 0.1) is 5.25 Å². The first-order valence-electron chi connectivity index (χ1n) is 6.25. The SMILES string of the molecule is C=CCn1c(C)nnc1S[C@@H](C)C(=O)NC(=O)NCC. The van der Waals surface area contributed by atoms with Gasteiger partial charge in [-0.05, 0) is 20.8 Å². The van der Waals surface area contributed by atoms with Gasteiger partial charge in [-0.25, -0.2) is 4.79 Å². The second-order valence-corrected chi connectivity index (χ2v) is 5.35. The molecule has 0 saturated carbocycles. The molecule has 1 heterocycles. The number of imide groups is 1. The highest BCUT2D eigenvalue weighted by Gasteiger charge is 2.20. The van der Waals surface area contributed by atoms with Gasteiger partial charge in [-0.2, -0.15) is 0 Å². The normalized spacial score (nSPS) is 11.8. The fourth-order valence-electron chi connectivity index (χ4n) is 1.42. The van der Waals surface area contributed by atoms with Crippen LogP contribution in [-0.2, 0) is 11.3 Å². The highest BCUT2D eigenvalue weighted by Crippen LogP contribution is 2.22. The van der Waals surface area contributed by atoms with Crippen LogP contribution in [0.5, 0.6) is 0 Å². The van der Waals surface area contributed by atoms with Crippen molar-refractivity contribution in [2.75, 3.05) is 6.54 Å². The van der Waals surface area contributed by atoms with Gasteiger partial charge in [0.15, 0.2) is 5.16 Å². The van der Waals surface area contributed by atoms with Crippen LogP contribution in [0.1, 0.15) is 19.7 Å². The van der Waals surface area contributed by atoms with Crippen molar-refractivity contribution in [1.29, 1.82) is 0 Å². The van der Waals surface area contributed by atoms with Crippen molar-refractivity contribution in [2.45, 2.75) is 37.7 Å². The summed E-state index contributed by atoms with van der Waals surface area (Å²) in [5, 5.41) is 12.9. The van der Waals surface area contributed by atoms with Crippen LogP contribution in [-0.4, -0.2) is 38.5 Å². The van der Waals surface area contributed by atoms with Crippen molar-refractivity contribution in [3.63, 3.8) is 0 Å². The van der Waals surface area contributed by atoms with Gasteiger partial charge in [0.1, 0.15) is 5.82 Å². The van der Waals surface area contributed by atoms with Crippen molar-refractivity contribution < 1.29 is 9.59 Å². The first-order valence-corrected chi connectivity index (χ1v) is 7.13. The van der Waals surface area contributed by atoms with Crippen LogP contribution in [0.4, 0.5) is 4.79 Å². The zero-order valence-corrected chi connectivity index (χ0v) is 12.7. The van der Waals surface area contributed by atoms with E-state index in [9.17, 15) is 9.59 Å². The monoisotopic (exact) mass is 297 g/mol. The molecule has 0 aliphatic heterocycles. The number of aromatic nitrogens is 3. The molecule has 7 nitrogen and oxygen atoms in total. The molecule has 8 heteroatoms. The summed E-state index contributed by atoms with van der Waals surface area (Å²) in [4.78, 5) is 23.1. The molecule has 0 aliphatic rings. The second kappa shape index (κ2) is 7.68. The number of nitrogens with one attached hydrogen (secondary N) is 2. The molecule has 0 radical (unpaired) electrons. The Kier molecular flexibility index (Phi) is 6.23. The number of aryl methyl sites for hydroxylation is 1. The van der Waals surface area contributed by atoms with E-state index >= 15 is 0 Å². The van der Waals surface area contributed by atoms with Gasteiger partial charge in [0.2, 0.25) is 5.91 Å². The maximum absolute atomic E-state index is 11.8. The Bertz CT molecular complexity index is 500. The smallest absolute Gasteiger partial charge is 0.321 e. The Morgan fingerprint density at radius 2 is 2.20 bits per heavy atom. The van der Waals surface area contributed by atoms with Gasteiger partial charge < -0.3 is 9.88 Å². The molecule has 1 atom stereocenters. The highest BCUT2D eigenvalue weighted by atomic mass is 32.2. The summed E-state index contributed by atoms with van der Waals surface area (Å²) in [6.07, 6.45) is 1.74. The zero-order valence-electron chi connectivity index (χ0n) is 11.8. The molecule has 0 unspecified atom stereocenters. The molecule has 0 saturated heterocycles. The molecule has 0 aromatic carbocycles. The van der Waals surface area contributed by atoms with Crippen LogP contribution in [0.3, 0.4) is 0 Å².